The lowest BCUT2D eigenvalue weighted by atomic mass is 10.0. The van der Waals surface area contributed by atoms with Crippen LogP contribution in [0.5, 0.6) is 0 Å². The molecule has 2 N–H and O–H groups in total. The van der Waals surface area contributed by atoms with Crippen LogP contribution in [0.2, 0.25) is 0 Å². The molecule has 112 valence electrons. The zero-order chi connectivity index (χ0) is 15.3. The Bertz CT molecular complexity index is 465. The second-order valence-electron chi connectivity index (χ2n) is 5.13. The van der Waals surface area contributed by atoms with Gasteiger partial charge < -0.3 is 10.6 Å². The van der Waals surface area contributed by atoms with E-state index in [1.54, 1.807) is 18.9 Å². The van der Waals surface area contributed by atoms with Gasteiger partial charge in [-0.15, -0.1) is 0 Å². The Morgan fingerprint density at radius 2 is 1.95 bits per heavy atom. The first-order chi connectivity index (χ1) is 9.38. The lowest BCUT2D eigenvalue weighted by Gasteiger charge is -2.28. The van der Waals surface area contributed by atoms with Crippen LogP contribution in [0.3, 0.4) is 0 Å². The van der Waals surface area contributed by atoms with Gasteiger partial charge in [0.15, 0.2) is 11.6 Å². The summed E-state index contributed by atoms with van der Waals surface area (Å²) in [4.78, 5) is 13.8. The summed E-state index contributed by atoms with van der Waals surface area (Å²) in [6.45, 7) is 4.20. The highest BCUT2D eigenvalue weighted by molar-refractivity contribution is 5.78. The molecule has 0 aliphatic carbocycles. The summed E-state index contributed by atoms with van der Waals surface area (Å²) in [7, 11) is 1.67. The monoisotopic (exact) mass is 284 g/mol. The van der Waals surface area contributed by atoms with Crippen LogP contribution in [0.15, 0.2) is 18.2 Å². The molecule has 1 aromatic carbocycles. The van der Waals surface area contributed by atoms with Gasteiger partial charge in [-0.3, -0.25) is 4.79 Å². The Hall–Kier alpha value is -1.49. The van der Waals surface area contributed by atoms with Crippen LogP contribution in [0, 0.1) is 17.6 Å². The first-order valence-electron chi connectivity index (χ1n) is 6.80. The van der Waals surface area contributed by atoms with Gasteiger partial charge >= 0.3 is 0 Å². The van der Waals surface area contributed by atoms with Gasteiger partial charge in [0.05, 0.1) is 6.04 Å². The van der Waals surface area contributed by atoms with E-state index in [1.807, 2.05) is 6.92 Å². The predicted molar refractivity (Wildman–Crippen MR) is 75.0 cm³/mol. The topological polar surface area (TPSA) is 46.3 Å². The molecule has 0 spiro atoms. The van der Waals surface area contributed by atoms with Crippen molar-refractivity contribution in [3.8, 4) is 0 Å². The fraction of sp³-hybridized carbons (Fsp3) is 0.533. The zero-order valence-corrected chi connectivity index (χ0v) is 12.2. The molecule has 0 radical (unpaired) electrons. The van der Waals surface area contributed by atoms with Crippen LogP contribution in [0.4, 0.5) is 8.78 Å². The number of carbonyl (C=O) groups is 1. The Morgan fingerprint density at radius 1 is 1.30 bits per heavy atom. The minimum absolute atomic E-state index is 0.0179. The summed E-state index contributed by atoms with van der Waals surface area (Å²) in [5.41, 5.74) is 6.01. The molecular weight excluding hydrogens is 262 g/mol. The maximum Gasteiger partial charge on any atom is 0.225 e. The summed E-state index contributed by atoms with van der Waals surface area (Å²) in [6, 6.07) is 3.40. The second kappa shape index (κ2) is 7.33. The number of nitrogens with two attached hydrogens (primary N) is 1. The number of nitrogens with zero attached hydrogens (tertiary/aromatic N) is 1. The van der Waals surface area contributed by atoms with E-state index in [-0.39, 0.29) is 17.9 Å². The highest BCUT2D eigenvalue weighted by Gasteiger charge is 2.22. The van der Waals surface area contributed by atoms with Crippen molar-refractivity contribution in [3.63, 3.8) is 0 Å². The summed E-state index contributed by atoms with van der Waals surface area (Å²) in [6.07, 6.45) is 1.52. The molecule has 1 aromatic rings. The average Bonchev–Trinajstić information content (AvgIpc) is 2.45. The summed E-state index contributed by atoms with van der Waals surface area (Å²) in [5.74, 6) is -1.93. The van der Waals surface area contributed by atoms with Crippen molar-refractivity contribution in [1.82, 2.24) is 4.90 Å². The Labute approximate surface area is 118 Å². The maximum absolute atomic E-state index is 13.2. The highest BCUT2D eigenvalue weighted by atomic mass is 19.2. The predicted octanol–water partition coefficient (Wildman–Crippen LogP) is 2.86. The molecular formula is C15H22F2N2O. The van der Waals surface area contributed by atoms with Gasteiger partial charge in [-0.1, -0.05) is 13.0 Å². The smallest absolute Gasteiger partial charge is 0.225 e. The Morgan fingerprint density at radius 3 is 2.50 bits per heavy atom. The third kappa shape index (κ3) is 4.00. The molecule has 0 saturated carbocycles. The lowest BCUT2D eigenvalue weighted by Crippen LogP contribution is -2.34. The van der Waals surface area contributed by atoms with Crippen molar-refractivity contribution in [2.75, 3.05) is 13.6 Å². The van der Waals surface area contributed by atoms with E-state index in [1.165, 1.54) is 6.07 Å². The van der Waals surface area contributed by atoms with Crippen LogP contribution in [0.25, 0.3) is 0 Å². The number of amides is 1. The summed E-state index contributed by atoms with van der Waals surface area (Å²) in [5, 5.41) is 0. The van der Waals surface area contributed by atoms with Crippen molar-refractivity contribution in [2.45, 2.75) is 32.7 Å². The average molecular weight is 284 g/mol. The Balaban J connectivity index is 2.77. The van der Waals surface area contributed by atoms with Crippen LogP contribution in [-0.4, -0.2) is 24.4 Å². The summed E-state index contributed by atoms with van der Waals surface area (Å²) >= 11 is 0. The summed E-state index contributed by atoms with van der Waals surface area (Å²) < 4.78 is 26.2. The molecule has 2 atom stereocenters. The van der Waals surface area contributed by atoms with Crippen molar-refractivity contribution < 1.29 is 13.6 Å². The molecule has 5 heteroatoms. The number of rotatable bonds is 6. The van der Waals surface area contributed by atoms with Crippen LogP contribution >= 0.6 is 0 Å². The van der Waals surface area contributed by atoms with Gasteiger partial charge in [-0.05, 0) is 44.0 Å². The molecule has 1 amide bonds. The molecule has 0 aliphatic heterocycles. The SMILES string of the molecule is CC(CCCN)C(=O)N(C)C(C)c1ccc(F)c(F)c1. The third-order valence-corrected chi connectivity index (χ3v) is 3.62. The zero-order valence-electron chi connectivity index (χ0n) is 12.2. The fourth-order valence-corrected chi connectivity index (χ4v) is 2.08. The largest absolute Gasteiger partial charge is 0.339 e. The number of halogens is 2. The Kier molecular flexibility index (Phi) is 6.07. The fourth-order valence-electron chi connectivity index (χ4n) is 2.08. The molecule has 0 aromatic heterocycles. The molecule has 20 heavy (non-hydrogen) atoms. The van der Waals surface area contributed by atoms with Crippen molar-refractivity contribution in [1.29, 1.82) is 0 Å². The number of hydrogen-bond acceptors (Lipinski definition) is 2. The first-order valence-corrected chi connectivity index (χ1v) is 6.80. The number of hydrogen-bond donors (Lipinski definition) is 1. The van der Waals surface area contributed by atoms with Crippen molar-refractivity contribution in [2.24, 2.45) is 11.7 Å². The van der Waals surface area contributed by atoms with Gasteiger partial charge in [0, 0.05) is 13.0 Å². The van der Waals surface area contributed by atoms with Gasteiger partial charge in [0.2, 0.25) is 5.91 Å². The van der Waals surface area contributed by atoms with Crippen LogP contribution < -0.4 is 5.73 Å². The van der Waals surface area contributed by atoms with E-state index < -0.39 is 11.6 Å². The normalized spacial score (nSPS) is 13.9. The first kappa shape index (κ1) is 16.6. The van der Waals surface area contributed by atoms with E-state index in [0.29, 0.717) is 12.1 Å². The molecule has 0 saturated heterocycles. The minimum atomic E-state index is -0.897. The lowest BCUT2D eigenvalue weighted by molar-refractivity contribution is -0.135. The van der Waals surface area contributed by atoms with E-state index >= 15 is 0 Å². The van der Waals surface area contributed by atoms with Gasteiger partial charge in [0.1, 0.15) is 0 Å². The standard InChI is InChI=1S/C15H22F2N2O/c1-10(5-4-8-18)15(20)19(3)11(2)12-6-7-13(16)14(17)9-12/h6-7,9-11H,4-5,8,18H2,1-3H3. The quantitative estimate of drug-likeness (QED) is 0.873. The molecule has 2 unspecified atom stereocenters. The van der Waals surface area contributed by atoms with Crippen molar-refractivity contribution >= 4 is 5.91 Å². The molecule has 0 bridgehead atoms. The molecule has 0 fully saturated rings. The van der Waals surface area contributed by atoms with Gasteiger partial charge in [-0.25, -0.2) is 8.78 Å². The third-order valence-electron chi connectivity index (χ3n) is 3.62. The number of benzene rings is 1. The molecule has 0 heterocycles. The van der Waals surface area contributed by atoms with E-state index in [2.05, 4.69) is 0 Å². The minimum Gasteiger partial charge on any atom is -0.339 e. The molecule has 3 nitrogen and oxygen atoms in total. The van der Waals surface area contributed by atoms with Crippen LogP contribution in [-0.2, 0) is 4.79 Å². The molecule has 1 rings (SSSR count). The molecule has 0 aliphatic rings. The maximum atomic E-state index is 13.2. The van der Waals surface area contributed by atoms with E-state index in [0.717, 1.165) is 25.0 Å². The number of carbonyl (C=O) groups excluding carboxylic acids is 1. The van der Waals surface area contributed by atoms with Crippen LogP contribution in [0.1, 0.15) is 38.3 Å². The van der Waals surface area contributed by atoms with Crippen molar-refractivity contribution in [3.05, 3.63) is 35.4 Å². The second-order valence-corrected chi connectivity index (χ2v) is 5.13. The van der Waals surface area contributed by atoms with Gasteiger partial charge in [0.25, 0.3) is 0 Å². The highest BCUT2D eigenvalue weighted by Crippen LogP contribution is 2.23. The van der Waals surface area contributed by atoms with Gasteiger partial charge in [-0.2, -0.15) is 0 Å². The van der Waals surface area contributed by atoms with E-state index in [4.69, 9.17) is 5.73 Å². The van der Waals surface area contributed by atoms with E-state index in [9.17, 15) is 13.6 Å².